The molecule has 3 heterocycles. The molecule has 0 atom stereocenters. The molecule has 2 aromatic rings. The van der Waals surface area contributed by atoms with Gasteiger partial charge in [0.1, 0.15) is 5.69 Å². The molecule has 1 saturated heterocycles. The quantitative estimate of drug-likeness (QED) is 0.791. The number of rotatable bonds is 5. The zero-order valence-corrected chi connectivity index (χ0v) is 12.3. The van der Waals surface area contributed by atoms with Crippen LogP contribution in [0.4, 0.5) is 5.95 Å². The summed E-state index contributed by atoms with van der Waals surface area (Å²) in [6, 6.07) is 3.48. The molecule has 1 aliphatic rings. The van der Waals surface area contributed by atoms with E-state index in [0.29, 0.717) is 12.2 Å². The summed E-state index contributed by atoms with van der Waals surface area (Å²) < 4.78 is 0. The topological polar surface area (TPSA) is 90.0 Å². The van der Waals surface area contributed by atoms with E-state index < -0.39 is 0 Å². The molecule has 116 valence electrons. The summed E-state index contributed by atoms with van der Waals surface area (Å²) in [5, 5.41) is 9.30. The number of hydrogen-bond acceptors (Lipinski definition) is 6. The van der Waals surface area contributed by atoms with E-state index in [4.69, 9.17) is 0 Å². The minimum atomic E-state index is -0.117. The van der Waals surface area contributed by atoms with E-state index >= 15 is 0 Å². The number of carbonyl (C=O) groups is 1. The molecule has 2 aromatic heterocycles. The maximum Gasteiger partial charge on any atom is 0.269 e. The van der Waals surface area contributed by atoms with E-state index in [1.807, 2.05) is 6.07 Å². The minimum absolute atomic E-state index is 0.117. The first-order valence-electron chi connectivity index (χ1n) is 7.35. The van der Waals surface area contributed by atoms with Gasteiger partial charge in [0.25, 0.3) is 5.91 Å². The number of anilines is 1. The summed E-state index contributed by atoms with van der Waals surface area (Å²) in [6.45, 7) is 5.15. The Kier molecular flexibility index (Phi) is 4.59. The zero-order valence-electron chi connectivity index (χ0n) is 12.3. The van der Waals surface area contributed by atoms with Crippen molar-refractivity contribution in [2.75, 3.05) is 44.2 Å². The van der Waals surface area contributed by atoms with Crippen LogP contribution in [0.2, 0.25) is 0 Å². The molecule has 0 spiro atoms. The van der Waals surface area contributed by atoms with E-state index in [9.17, 15) is 4.79 Å². The van der Waals surface area contributed by atoms with Crippen molar-refractivity contribution in [2.24, 2.45) is 0 Å². The Morgan fingerprint density at radius 2 is 1.95 bits per heavy atom. The number of carbonyl (C=O) groups excluding carboxylic acids is 1. The number of piperazine rings is 1. The summed E-state index contributed by atoms with van der Waals surface area (Å²) in [5.41, 5.74) is 0.492. The molecule has 0 unspecified atom stereocenters. The van der Waals surface area contributed by atoms with Crippen LogP contribution in [0.3, 0.4) is 0 Å². The Morgan fingerprint density at radius 3 is 2.64 bits per heavy atom. The van der Waals surface area contributed by atoms with Crippen LogP contribution in [0.1, 0.15) is 10.5 Å². The molecule has 22 heavy (non-hydrogen) atoms. The molecule has 0 radical (unpaired) electrons. The molecule has 0 saturated carbocycles. The highest BCUT2D eigenvalue weighted by Crippen LogP contribution is 2.09. The van der Waals surface area contributed by atoms with Gasteiger partial charge in [-0.3, -0.25) is 14.8 Å². The molecular weight excluding hydrogens is 282 g/mol. The maximum absolute atomic E-state index is 11.8. The van der Waals surface area contributed by atoms with E-state index in [-0.39, 0.29) is 5.91 Å². The van der Waals surface area contributed by atoms with Crippen LogP contribution in [0.5, 0.6) is 0 Å². The maximum atomic E-state index is 11.8. The van der Waals surface area contributed by atoms with Crippen LogP contribution < -0.4 is 10.2 Å². The lowest BCUT2D eigenvalue weighted by molar-refractivity contribution is 0.0943. The number of aromatic amines is 1. The van der Waals surface area contributed by atoms with Gasteiger partial charge in [-0.05, 0) is 12.1 Å². The van der Waals surface area contributed by atoms with Crippen molar-refractivity contribution < 1.29 is 4.79 Å². The lowest BCUT2D eigenvalue weighted by atomic mass is 10.3. The van der Waals surface area contributed by atoms with Gasteiger partial charge in [-0.15, -0.1) is 0 Å². The fourth-order valence-corrected chi connectivity index (χ4v) is 2.43. The number of H-pyrrole nitrogens is 1. The predicted octanol–water partition coefficient (Wildman–Crippen LogP) is -0.248. The van der Waals surface area contributed by atoms with Gasteiger partial charge in [-0.1, -0.05) is 0 Å². The predicted molar refractivity (Wildman–Crippen MR) is 81.6 cm³/mol. The first kappa shape index (κ1) is 14.5. The first-order valence-corrected chi connectivity index (χ1v) is 7.35. The van der Waals surface area contributed by atoms with Crippen LogP contribution in [0.25, 0.3) is 0 Å². The average molecular weight is 301 g/mol. The van der Waals surface area contributed by atoms with Crippen LogP contribution in [0, 0.1) is 0 Å². The van der Waals surface area contributed by atoms with Crippen LogP contribution in [-0.2, 0) is 0 Å². The van der Waals surface area contributed by atoms with Gasteiger partial charge in [-0.2, -0.15) is 5.10 Å². The van der Waals surface area contributed by atoms with Gasteiger partial charge < -0.3 is 10.2 Å². The number of nitrogens with one attached hydrogen (secondary N) is 2. The number of aromatic nitrogens is 4. The molecule has 1 aliphatic heterocycles. The van der Waals surface area contributed by atoms with Gasteiger partial charge in [0.05, 0.1) is 0 Å². The highest BCUT2D eigenvalue weighted by atomic mass is 16.1. The van der Waals surface area contributed by atoms with Gasteiger partial charge in [-0.25, -0.2) is 9.97 Å². The lowest BCUT2D eigenvalue weighted by Gasteiger charge is -2.34. The molecule has 0 bridgehead atoms. The second kappa shape index (κ2) is 6.99. The third-order valence-corrected chi connectivity index (χ3v) is 3.67. The number of amides is 1. The monoisotopic (exact) mass is 301 g/mol. The molecule has 1 fully saturated rings. The lowest BCUT2D eigenvalue weighted by Crippen LogP contribution is -2.49. The summed E-state index contributed by atoms with van der Waals surface area (Å²) in [6.07, 6.45) is 5.10. The van der Waals surface area contributed by atoms with Crippen molar-refractivity contribution in [2.45, 2.75) is 0 Å². The fourth-order valence-electron chi connectivity index (χ4n) is 2.43. The van der Waals surface area contributed by atoms with Crippen molar-refractivity contribution >= 4 is 11.9 Å². The second-order valence-corrected chi connectivity index (χ2v) is 5.10. The Balaban J connectivity index is 1.38. The normalized spacial score (nSPS) is 15.7. The third-order valence-electron chi connectivity index (χ3n) is 3.67. The zero-order chi connectivity index (χ0) is 15.2. The Morgan fingerprint density at radius 1 is 1.18 bits per heavy atom. The van der Waals surface area contributed by atoms with Crippen molar-refractivity contribution in [1.82, 2.24) is 30.4 Å². The summed E-state index contributed by atoms with van der Waals surface area (Å²) in [7, 11) is 0. The van der Waals surface area contributed by atoms with Gasteiger partial charge >= 0.3 is 0 Å². The first-order chi connectivity index (χ1) is 10.8. The summed E-state index contributed by atoms with van der Waals surface area (Å²) >= 11 is 0. The SMILES string of the molecule is O=C(NCCN1CCN(c2ncccn2)CC1)c1ccn[nH]1. The minimum Gasteiger partial charge on any atom is -0.349 e. The Bertz CT molecular complexity index is 579. The van der Waals surface area contributed by atoms with Crippen molar-refractivity contribution in [3.63, 3.8) is 0 Å². The third kappa shape index (κ3) is 3.59. The van der Waals surface area contributed by atoms with E-state index in [0.717, 1.165) is 38.7 Å². The highest BCUT2D eigenvalue weighted by molar-refractivity contribution is 5.92. The smallest absolute Gasteiger partial charge is 0.269 e. The van der Waals surface area contributed by atoms with Gasteiger partial charge in [0, 0.05) is 57.9 Å². The summed E-state index contributed by atoms with van der Waals surface area (Å²) in [5.74, 6) is 0.670. The molecule has 3 rings (SSSR count). The molecule has 0 aliphatic carbocycles. The summed E-state index contributed by atoms with van der Waals surface area (Å²) in [4.78, 5) is 24.8. The molecular formula is C14H19N7O. The van der Waals surface area contributed by atoms with Crippen LogP contribution >= 0.6 is 0 Å². The van der Waals surface area contributed by atoms with Gasteiger partial charge in [0.15, 0.2) is 0 Å². The van der Waals surface area contributed by atoms with Crippen LogP contribution in [-0.4, -0.2) is 70.2 Å². The average Bonchev–Trinajstić information content (AvgIpc) is 3.11. The Hall–Kier alpha value is -2.48. The Labute approximate surface area is 128 Å². The molecule has 0 aromatic carbocycles. The van der Waals surface area contributed by atoms with Crippen molar-refractivity contribution in [3.8, 4) is 0 Å². The molecule has 8 nitrogen and oxygen atoms in total. The van der Waals surface area contributed by atoms with Crippen molar-refractivity contribution in [3.05, 3.63) is 36.4 Å². The molecule has 2 N–H and O–H groups in total. The fraction of sp³-hybridized carbons (Fsp3) is 0.429. The van der Waals surface area contributed by atoms with Crippen molar-refractivity contribution in [1.29, 1.82) is 0 Å². The second-order valence-electron chi connectivity index (χ2n) is 5.10. The molecule has 1 amide bonds. The van der Waals surface area contributed by atoms with Crippen LogP contribution in [0.15, 0.2) is 30.7 Å². The number of hydrogen-bond donors (Lipinski definition) is 2. The number of nitrogens with zero attached hydrogens (tertiary/aromatic N) is 5. The van der Waals surface area contributed by atoms with Gasteiger partial charge in [0.2, 0.25) is 5.95 Å². The van der Waals surface area contributed by atoms with E-state index in [1.54, 1.807) is 24.7 Å². The highest BCUT2D eigenvalue weighted by Gasteiger charge is 2.18. The standard InChI is InChI=1S/C14H19N7O/c22-13(12-2-5-18-19-12)15-6-7-20-8-10-21(11-9-20)14-16-3-1-4-17-14/h1-5H,6-11H2,(H,15,22)(H,18,19). The van der Waals surface area contributed by atoms with E-state index in [1.165, 1.54) is 0 Å². The largest absolute Gasteiger partial charge is 0.349 e. The molecule has 8 heteroatoms. The van der Waals surface area contributed by atoms with E-state index in [2.05, 4.69) is 35.3 Å².